The minimum atomic E-state index is 0.0451. The predicted molar refractivity (Wildman–Crippen MR) is 61.0 cm³/mol. The molecule has 0 aliphatic rings. The van der Waals surface area contributed by atoms with Crippen molar-refractivity contribution in [3.8, 4) is 5.75 Å². The van der Waals surface area contributed by atoms with Gasteiger partial charge in [0.05, 0.1) is 6.61 Å². The van der Waals surface area contributed by atoms with E-state index in [-0.39, 0.29) is 6.04 Å². The van der Waals surface area contributed by atoms with Crippen molar-refractivity contribution < 1.29 is 9.47 Å². The third kappa shape index (κ3) is 3.53. The predicted octanol–water partition coefficient (Wildman–Crippen LogP) is 2.12. The van der Waals surface area contributed by atoms with Crippen LogP contribution in [0.3, 0.4) is 0 Å². The summed E-state index contributed by atoms with van der Waals surface area (Å²) >= 11 is 0. The molecule has 2 N–H and O–H groups in total. The Bertz CT molecular complexity index is 289. The first-order valence-corrected chi connectivity index (χ1v) is 5.25. The Hall–Kier alpha value is -1.06. The Morgan fingerprint density at radius 2 is 2.00 bits per heavy atom. The number of hydrogen-bond acceptors (Lipinski definition) is 3. The molecule has 0 heterocycles. The summed E-state index contributed by atoms with van der Waals surface area (Å²) in [5.74, 6) is 0.865. The van der Waals surface area contributed by atoms with Gasteiger partial charge in [0.15, 0.2) is 0 Å². The number of para-hydroxylation sites is 1. The van der Waals surface area contributed by atoms with Crippen LogP contribution in [-0.4, -0.2) is 20.3 Å². The summed E-state index contributed by atoms with van der Waals surface area (Å²) in [6, 6.07) is 7.93. The lowest BCUT2D eigenvalue weighted by molar-refractivity contribution is 0.145. The lowest BCUT2D eigenvalue weighted by Gasteiger charge is -2.15. The van der Waals surface area contributed by atoms with Gasteiger partial charge < -0.3 is 15.2 Å². The van der Waals surface area contributed by atoms with Crippen molar-refractivity contribution >= 4 is 0 Å². The second kappa shape index (κ2) is 6.43. The highest BCUT2D eigenvalue weighted by atomic mass is 16.5. The number of methoxy groups -OCH3 is 1. The number of benzene rings is 1. The SMILES string of the molecule is CC[C@@H](N)c1ccccc1OCCOC. The number of ether oxygens (including phenoxy) is 2. The van der Waals surface area contributed by atoms with Crippen LogP contribution in [0.4, 0.5) is 0 Å². The van der Waals surface area contributed by atoms with E-state index in [2.05, 4.69) is 6.92 Å². The molecule has 0 saturated carbocycles. The molecule has 0 aliphatic heterocycles. The zero-order chi connectivity index (χ0) is 11.1. The van der Waals surface area contributed by atoms with Crippen LogP contribution in [0, 0.1) is 0 Å². The molecule has 15 heavy (non-hydrogen) atoms. The van der Waals surface area contributed by atoms with E-state index in [1.54, 1.807) is 7.11 Å². The highest BCUT2D eigenvalue weighted by molar-refractivity contribution is 5.35. The first kappa shape index (κ1) is 12.0. The van der Waals surface area contributed by atoms with Gasteiger partial charge in [0.2, 0.25) is 0 Å². The third-order valence-electron chi connectivity index (χ3n) is 2.30. The summed E-state index contributed by atoms with van der Waals surface area (Å²) in [5, 5.41) is 0. The molecule has 0 fully saturated rings. The highest BCUT2D eigenvalue weighted by Gasteiger charge is 2.09. The van der Waals surface area contributed by atoms with Crippen LogP contribution in [-0.2, 0) is 4.74 Å². The van der Waals surface area contributed by atoms with Crippen molar-refractivity contribution in [2.45, 2.75) is 19.4 Å². The van der Waals surface area contributed by atoms with Gasteiger partial charge >= 0.3 is 0 Å². The first-order valence-electron chi connectivity index (χ1n) is 5.25. The van der Waals surface area contributed by atoms with Gasteiger partial charge in [-0.1, -0.05) is 25.1 Å². The van der Waals surface area contributed by atoms with E-state index in [0.29, 0.717) is 13.2 Å². The molecule has 1 rings (SSSR count). The molecular weight excluding hydrogens is 190 g/mol. The van der Waals surface area contributed by atoms with Gasteiger partial charge in [0.1, 0.15) is 12.4 Å². The maximum Gasteiger partial charge on any atom is 0.124 e. The van der Waals surface area contributed by atoms with Crippen LogP contribution in [0.1, 0.15) is 24.9 Å². The van der Waals surface area contributed by atoms with Crippen molar-refractivity contribution in [2.75, 3.05) is 20.3 Å². The van der Waals surface area contributed by atoms with Gasteiger partial charge in [-0.05, 0) is 12.5 Å². The van der Waals surface area contributed by atoms with Crippen LogP contribution in [0.15, 0.2) is 24.3 Å². The Morgan fingerprint density at radius 3 is 2.67 bits per heavy atom. The maximum absolute atomic E-state index is 5.99. The van der Waals surface area contributed by atoms with E-state index < -0.39 is 0 Å². The van der Waals surface area contributed by atoms with Gasteiger partial charge in [-0.15, -0.1) is 0 Å². The smallest absolute Gasteiger partial charge is 0.124 e. The van der Waals surface area contributed by atoms with Gasteiger partial charge in [-0.3, -0.25) is 0 Å². The Balaban J connectivity index is 2.68. The second-order valence-corrected chi connectivity index (χ2v) is 3.39. The molecule has 0 bridgehead atoms. The van der Waals surface area contributed by atoms with E-state index in [1.807, 2.05) is 24.3 Å². The van der Waals surface area contributed by atoms with Crippen molar-refractivity contribution in [3.05, 3.63) is 29.8 Å². The lowest BCUT2D eigenvalue weighted by atomic mass is 10.0. The van der Waals surface area contributed by atoms with Crippen molar-refractivity contribution in [3.63, 3.8) is 0 Å². The topological polar surface area (TPSA) is 44.5 Å². The van der Waals surface area contributed by atoms with Gasteiger partial charge in [0.25, 0.3) is 0 Å². The van der Waals surface area contributed by atoms with E-state index in [4.69, 9.17) is 15.2 Å². The fraction of sp³-hybridized carbons (Fsp3) is 0.500. The van der Waals surface area contributed by atoms with Crippen LogP contribution in [0.5, 0.6) is 5.75 Å². The summed E-state index contributed by atoms with van der Waals surface area (Å²) in [7, 11) is 1.66. The second-order valence-electron chi connectivity index (χ2n) is 3.39. The average molecular weight is 209 g/mol. The molecule has 0 aliphatic carbocycles. The van der Waals surface area contributed by atoms with Crippen LogP contribution in [0.2, 0.25) is 0 Å². The van der Waals surface area contributed by atoms with E-state index in [0.717, 1.165) is 17.7 Å². The van der Waals surface area contributed by atoms with Crippen molar-refractivity contribution in [2.24, 2.45) is 5.73 Å². The van der Waals surface area contributed by atoms with Crippen LogP contribution >= 0.6 is 0 Å². The van der Waals surface area contributed by atoms with Gasteiger partial charge in [-0.25, -0.2) is 0 Å². The van der Waals surface area contributed by atoms with Gasteiger partial charge in [0, 0.05) is 18.7 Å². The highest BCUT2D eigenvalue weighted by Crippen LogP contribution is 2.25. The molecule has 3 nitrogen and oxygen atoms in total. The summed E-state index contributed by atoms with van der Waals surface area (Å²) < 4.78 is 10.5. The summed E-state index contributed by atoms with van der Waals surface area (Å²) in [6.45, 7) is 3.22. The summed E-state index contributed by atoms with van der Waals surface area (Å²) in [6.07, 6.45) is 0.907. The van der Waals surface area contributed by atoms with Crippen LogP contribution in [0.25, 0.3) is 0 Å². The molecule has 0 saturated heterocycles. The minimum Gasteiger partial charge on any atom is -0.491 e. The lowest BCUT2D eigenvalue weighted by Crippen LogP contribution is -2.12. The number of nitrogens with two attached hydrogens (primary N) is 1. The van der Waals surface area contributed by atoms with Crippen molar-refractivity contribution in [1.29, 1.82) is 0 Å². The van der Waals surface area contributed by atoms with Crippen LogP contribution < -0.4 is 10.5 Å². The zero-order valence-corrected chi connectivity index (χ0v) is 9.40. The minimum absolute atomic E-state index is 0.0451. The van der Waals surface area contributed by atoms with E-state index in [1.165, 1.54) is 0 Å². The molecule has 0 radical (unpaired) electrons. The van der Waals surface area contributed by atoms with E-state index >= 15 is 0 Å². The molecule has 0 aromatic heterocycles. The molecular formula is C12H19NO2. The summed E-state index contributed by atoms with van der Waals surface area (Å²) in [4.78, 5) is 0. The fourth-order valence-electron chi connectivity index (χ4n) is 1.37. The molecule has 3 heteroatoms. The number of hydrogen-bond donors (Lipinski definition) is 1. The molecule has 1 aromatic rings. The average Bonchev–Trinajstić information content (AvgIpc) is 2.29. The molecule has 1 atom stereocenters. The van der Waals surface area contributed by atoms with E-state index in [9.17, 15) is 0 Å². The standard InChI is InChI=1S/C12H19NO2/c1-3-11(13)10-6-4-5-7-12(10)15-9-8-14-2/h4-7,11H,3,8-9,13H2,1-2H3/t11-/m1/s1. The molecule has 1 aromatic carbocycles. The Kier molecular flexibility index (Phi) is 5.15. The fourth-order valence-corrected chi connectivity index (χ4v) is 1.37. The molecule has 0 spiro atoms. The monoisotopic (exact) mass is 209 g/mol. The van der Waals surface area contributed by atoms with Gasteiger partial charge in [-0.2, -0.15) is 0 Å². The maximum atomic E-state index is 5.99. The Labute approximate surface area is 91.2 Å². The largest absolute Gasteiger partial charge is 0.491 e. The third-order valence-corrected chi connectivity index (χ3v) is 2.30. The molecule has 84 valence electrons. The number of rotatable bonds is 6. The molecule has 0 amide bonds. The Morgan fingerprint density at radius 1 is 1.27 bits per heavy atom. The molecule has 0 unspecified atom stereocenters. The van der Waals surface area contributed by atoms with Crippen molar-refractivity contribution in [1.82, 2.24) is 0 Å². The summed E-state index contributed by atoms with van der Waals surface area (Å²) in [5.41, 5.74) is 7.05. The normalized spacial score (nSPS) is 12.5. The first-order chi connectivity index (χ1) is 7.29. The zero-order valence-electron chi connectivity index (χ0n) is 9.40. The quantitative estimate of drug-likeness (QED) is 0.730.